The Balaban J connectivity index is 1.76. The minimum absolute atomic E-state index is 0.264. The van der Waals surface area contributed by atoms with Gasteiger partial charge >= 0.3 is 0 Å². The van der Waals surface area contributed by atoms with Crippen molar-refractivity contribution in [3.05, 3.63) is 17.0 Å². The maximum Gasteiger partial charge on any atom is 0.252 e. The summed E-state index contributed by atoms with van der Waals surface area (Å²) in [4.78, 5) is 0. The first-order valence-corrected chi connectivity index (χ1v) is 9.73. The van der Waals surface area contributed by atoms with Gasteiger partial charge < -0.3 is 5.32 Å². The first-order chi connectivity index (χ1) is 9.61. The quantitative estimate of drug-likeness (QED) is 0.802. The van der Waals surface area contributed by atoms with Gasteiger partial charge in [-0.2, -0.15) is 4.31 Å². The molecule has 0 aliphatic heterocycles. The van der Waals surface area contributed by atoms with Crippen LogP contribution >= 0.6 is 11.3 Å². The Morgan fingerprint density at radius 1 is 1.35 bits per heavy atom. The molecule has 0 radical (unpaired) electrons. The van der Waals surface area contributed by atoms with E-state index in [0.717, 1.165) is 38.0 Å². The van der Waals surface area contributed by atoms with Gasteiger partial charge in [0, 0.05) is 19.1 Å². The molecule has 0 atom stereocenters. The van der Waals surface area contributed by atoms with E-state index < -0.39 is 10.0 Å². The Hall–Kier alpha value is -0.430. The van der Waals surface area contributed by atoms with Gasteiger partial charge in [0.05, 0.1) is 0 Å². The second kappa shape index (κ2) is 5.75. The fourth-order valence-corrected chi connectivity index (χ4v) is 5.43. The number of rotatable bonds is 8. The normalized spacial score (nSPS) is 19.7. The van der Waals surface area contributed by atoms with Crippen molar-refractivity contribution in [1.29, 1.82) is 0 Å². The maximum absolute atomic E-state index is 12.8. The molecule has 2 fully saturated rings. The van der Waals surface area contributed by atoms with Crippen LogP contribution in [0, 0.1) is 5.92 Å². The fourth-order valence-electron chi connectivity index (χ4n) is 2.33. The van der Waals surface area contributed by atoms with Crippen LogP contribution in [-0.2, 0) is 16.6 Å². The number of hydrogen-bond acceptors (Lipinski definition) is 4. The van der Waals surface area contributed by atoms with E-state index in [9.17, 15) is 8.42 Å². The molecule has 2 saturated carbocycles. The van der Waals surface area contributed by atoms with Gasteiger partial charge in [-0.25, -0.2) is 8.42 Å². The van der Waals surface area contributed by atoms with E-state index in [1.54, 1.807) is 4.31 Å². The van der Waals surface area contributed by atoms with Crippen molar-refractivity contribution in [3.63, 3.8) is 0 Å². The number of thiophene rings is 1. The van der Waals surface area contributed by atoms with Gasteiger partial charge in [0.15, 0.2) is 0 Å². The second-order valence-electron chi connectivity index (χ2n) is 5.80. The summed E-state index contributed by atoms with van der Waals surface area (Å²) in [5, 5.41) is 5.19. The SMILES string of the molecule is CCNCc1csc(S(=O)(=O)N(CC2CC2)C2CC2)c1. The van der Waals surface area contributed by atoms with Crippen LogP contribution in [0.3, 0.4) is 0 Å². The first-order valence-electron chi connectivity index (χ1n) is 7.41. The highest BCUT2D eigenvalue weighted by Gasteiger charge is 2.41. The average Bonchev–Trinajstić information content (AvgIpc) is 3.32. The lowest BCUT2D eigenvalue weighted by atomic mass is 10.3. The van der Waals surface area contributed by atoms with E-state index in [-0.39, 0.29) is 6.04 Å². The first kappa shape index (κ1) is 14.5. The summed E-state index contributed by atoms with van der Waals surface area (Å²) < 4.78 is 27.8. The van der Waals surface area contributed by atoms with Crippen molar-refractivity contribution in [2.75, 3.05) is 13.1 Å². The molecule has 0 unspecified atom stereocenters. The van der Waals surface area contributed by atoms with Crippen molar-refractivity contribution >= 4 is 21.4 Å². The monoisotopic (exact) mass is 314 g/mol. The smallest absolute Gasteiger partial charge is 0.252 e. The number of hydrogen-bond donors (Lipinski definition) is 1. The van der Waals surface area contributed by atoms with Crippen LogP contribution in [0.5, 0.6) is 0 Å². The van der Waals surface area contributed by atoms with Crippen LogP contribution in [0.15, 0.2) is 15.7 Å². The van der Waals surface area contributed by atoms with Crippen molar-refractivity contribution in [3.8, 4) is 0 Å². The van der Waals surface area contributed by atoms with E-state index in [2.05, 4.69) is 12.2 Å². The molecule has 0 spiro atoms. The lowest BCUT2D eigenvalue weighted by Gasteiger charge is -2.20. The molecule has 2 aliphatic rings. The van der Waals surface area contributed by atoms with E-state index in [0.29, 0.717) is 10.1 Å². The van der Waals surface area contributed by atoms with Gasteiger partial charge in [0.1, 0.15) is 4.21 Å². The number of nitrogens with one attached hydrogen (secondary N) is 1. The molecular formula is C14H22N2O2S2. The van der Waals surface area contributed by atoms with Gasteiger partial charge in [-0.05, 0) is 55.2 Å². The molecular weight excluding hydrogens is 292 g/mol. The summed E-state index contributed by atoms with van der Waals surface area (Å²) in [6.07, 6.45) is 4.44. The minimum Gasteiger partial charge on any atom is -0.313 e. The van der Waals surface area contributed by atoms with Crippen LogP contribution in [0.1, 0.15) is 38.2 Å². The van der Waals surface area contributed by atoms with Crippen LogP contribution < -0.4 is 5.32 Å². The molecule has 0 bridgehead atoms. The highest BCUT2D eigenvalue weighted by molar-refractivity contribution is 7.91. The second-order valence-corrected chi connectivity index (χ2v) is 8.83. The van der Waals surface area contributed by atoms with Gasteiger partial charge in [-0.1, -0.05) is 6.92 Å². The summed E-state index contributed by atoms with van der Waals surface area (Å²) in [6.45, 7) is 4.42. The predicted molar refractivity (Wildman–Crippen MR) is 81.3 cm³/mol. The molecule has 6 heteroatoms. The predicted octanol–water partition coefficient (Wildman–Crippen LogP) is 2.42. The molecule has 0 amide bonds. The van der Waals surface area contributed by atoms with Crippen molar-refractivity contribution in [2.24, 2.45) is 5.92 Å². The van der Waals surface area contributed by atoms with Crippen molar-refractivity contribution in [1.82, 2.24) is 9.62 Å². The summed E-state index contributed by atoms with van der Waals surface area (Å²) in [7, 11) is -3.27. The van der Waals surface area contributed by atoms with Crippen LogP contribution in [0.2, 0.25) is 0 Å². The molecule has 0 aromatic carbocycles. The lowest BCUT2D eigenvalue weighted by Crippen LogP contribution is -2.34. The lowest BCUT2D eigenvalue weighted by molar-refractivity contribution is 0.390. The molecule has 1 heterocycles. The number of sulfonamides is 1. The Morgan fingerprint density at radius 2 is 2.10 bits per heavy atom. The summed E-state index contributed by atoms with van der Waals surface area (Å²) in [5.41, 5.74) is 1.07. The number of nitrogens with zero attached hydrogens (tertiary/aromatic N) is 1. The molecule has 3 rings (SSSR count). The molecule has 1 N–H and O–H groups in total. The Bertz CT molecular complexity index is 559. The third-order valence-electron chi connectivity index (χ3n) is 3.86. The standard InChI is InChI=1S/C14H22N2O2S2/c1-2-15-8-12-7-14(19-10-12)20(17,18)16(13-5-6-13)9-11-3-4-11/h7,10-11,13,15H,2-6,8-9H2,1H3. The van der Waals surface area contributed by atoms with Crippen LogP contribution in [0.4, 0.5) is 0 Å². The van der Waals surface area contributed by atoms with Crippen molar-refractivity contribution in [2.45, 2.75) is 49.4 Å². The summed E-state index contributed by atoms with van der Waals surface area (Å²) >= 11 is 1.36. The minimum atomic E-state index is -3.27. The molecule has 0 saturated heterocycles. The third kappa shape index (κ3) is 3.24. The van der Waals surface area contributed by atoms with Gasteiger partial charge in [0.2, 0.25) is 0 Å². The summed E-state index contributed by atoms with van der Waals surface area (Å²) in [5.74, 6) is 0.603. The van der Waals surface area contributed by atoms with E-state index >= 15 is 0 Å². The van der Waals surface area contributed by atoms with E-state index in [1.807, 2.05) is 11.4 Å². The molecule has 4 nitrogen and oxygen atoms in total. The molecule has 1 aromatic heterocycles. The zero-order chi connectivity index (χ0) is 14.2. The average molecular weight is 314 g/mol. The van der Waals surface area contributed by atoms with Gasteiger partial charge in [-0.3, -0.25) is 0 Å². The Morgan fingerprint density at radius 3 is 2.70 bits per heavy atom. The zero-order valence-electron chi connectivity index (χ0n) is 11.8. The van der Waals surface area contributed by atoms with Gasteiger partial charge in [0.25, 0.3) is 10.0 Å². The molecule has 2 aliphatic carbocycles. The Labute approximate surface area is 125 Å². The fraction of sp³-hybridized carbons (Fsp3) is 0.714. The molecule has 20 heavy (non-hydrogen) atoms. The van der Waals surface area contributed by atoms with Crippen LogP contribution in [-0.4, -0.2) is 31.9 Å². The third-order valence-corrected chi connectivity index (χ3v) is 7.24. The molecule has 112 valence electrons. The summed E-state index contributed by atoms with van der Waals surface area (Å²) in [6, 6.07) is 2.10. The highest BCUT2D eigenvalue weighted by Crippen LogP contribution is 2.39. The molecule has 1 aromatic rings. The zero-order valence-corrected chi connectivity index (χ0v) is 13.5. The Kier molecular flexibility index (Phi) is 4.17. The van der Waals surface area contributed by atoms with Crippen LogP contribution in [0.25, 0.3) is 0 Å². The largest absolute Gasteiger partial charge is 0.313 e. The highest BCUT2D eigenvalue weighted by atomic mass is 32.2. The topological polar surface area (TPSA) is 49.4 Å². The van der Waals surface area contributed by atoms with E-state index in [1.165, 1.54) is 24.2 Å². The van der Waals surface area contributed by atoms with E-state index in [4.69, 9.17) is 0 Å². The van der Waals surface area contributed by atoms with Gasteiger partial charge in [-0.15, -0.1) is 11.3 Å². The van der Waals surface area contributed by atoms with Crippen molar-refractivity contribution < 1.29 is 8.42 Å². The maximum atomic E-state index is 12.8.